The zero-order valence-electron chi connectivity index (χ0n) is 9.37. The predicted octanol–water partition coefficient (Wildman–Crippen LogP) is 1.53. The molecule has 1 rings (SSSR count). The molecule has 0 radical (unpaired) electrons. The summed E-state index contributed by atoms with van der Waals surface area (Å²) in [5.74, 6) is 2.84. The summed E-state index contributed by atoms with van der Waals surface area (Å²) in [5.41, 5.74) is 0.280. The van der Waals surface area contributed by atoms with Crippen molar-refractivity contribution in [1.29, 1.82) is 0 Å². The maximum absolute atomic E-state index is 11.4. The third-order valence-electron chi connectivity index (χ3n) is 2.08. The number of ether oxygens (including phenoxy) is 3. The predicted molar refractivity (Wildman–Crippen MR) is 59.3 cm³/mol. The Balaban J connectivity index is 3.38. The van der Waals surface area contributed by atoms with Gasteiger partial charge in [-0.15, -0.1) is 6.42 Å². The van der Waals surface area contributed by atoms with Crippen LogP contribution in [0.3, 0.4) is 0 Å². The van der Waals surface area contributed by atoms with Crippen molar-refractivity contribution in [2.75, 3.05) is 21.3 Å². The molecule has 4 nitrogen and oxygen atoms in total. The molecule has 1 aromatic carbocycles. The molecule has 0 spiro atoms. The van der Waals surface area contributed by atoms with Crippen LogP contribution in [-0.2, 0) is 0 Å². The van der Waals surface area contributed by atoms with Crippen molar-refractivity contribution in [2.45, 2.75) is 0 Å². The van der Waals surface area contributed by atoms with E-state index in [1.165, 1.54) is 27.4 Å². The highest BCUT2D eigenvalue weighted by atomic mass is 16.5. The normalized spacial score (nSPS) is 9.12. The molecular weight excluding hydrogens is 208 g/mol. The van der Waals surface area contributed by atoms with Crippen LogP contribution in [0, 0.1) is 12.3 Å². The smallest absolute Gasteiger partial charge is 0.239 e. The van der Waals surface area contributed by atoms with E-state index in [2.05, 4.69) is 0 Å². The van der Waals surface area contributed by atoms with Crippen molar-refractivity contribution in [3.8, 4) is 29.6 Å². The number of benzene rings is 1. The van der Waals surface area contributed by atoms with Gasteiger partial charge >= 0.3 is 0 Å². The third kappa shape index (κ3) is 2.09. The molecule has 4 heteroatoms. The van der Waals surface area contributed by atoms with Gasteiger partial charge < -0.3 is 14.2 Å². The lowest BCUT2D eigenvalue weighted by Gasteiger charge is -2.11. The number of rotatable bonds is 4. The average Bonchev–Trinajstić information content (AvgIpc) is 2.35. The molecule has 0 atom stereocenters. The molecule has 84 valence electrons. The van der Waals surface area contributed by atoms with Crippen molar-refractivity contribution >= 4 is 5.78 Å². The molecule has 0 aliphatic heterocycles. The summed E-state index contributed by atoms with van der Waals surface area (Å²) >= 11 is 0. The van der Waals surface area contributed by atoms with Crippen molar-refractivity contribution in [3.05, 3.63) is 17.7 Å². The SMILES string of the molecule is C#CC(=O)c1cc(OC)c(OC)cc1OC. The monoisotopic (exact) mass is 220 g/mol. The van der Waals surface area contributed by atoms with Gasteiger partial charge in [-0.2, -0.15) is 0 Å². The average molecular weight is 220 g/mol. The fourth-order valence-electron chi connectivity index (χ4n) is 1.28. The Labute approximate surface area is 94.1 Å². The minimum atomic E-state index is -0.460. The third-order valence-corrected chi connectivity index (χ3v) is 2.08. The highest BCUT2D eigenvalue weighted by Crippen LogP contribution is 2.34. The summed E-state index contributed by atoms with van der Waals surface area (Å²) in [6, 6.07) is 3.06. The standard InChI is InChI=1S/C12H12O4/c1-5-9(13)8-6-11(15-3)12(16-4)7-10(8)14-2/h1,6-7H,2-4H3. The van der Waals surface area contributed by atoms with Crippen LogP contribution in [0.1, 0.15) is 10.4 Å². The Bertz CT molecular complexity index is 443. The van der Waals surface area contributed by atoms with Gasteiger partial charge in [-0.25, -0.2) is 0 Å². The first-order chi connectivity index (χ1) is 7.67. The van der Waals surface area contributed by atoms with Crippen LogP contribution in [0.4, 0.5) is 0 Å². The lowest BCUT2D eigenvalue weighted by molar-refractivity contribution is 0.105. The van der Waals surface area contributed by atoms with E-state index in [9.17, 15) is 4.79 Å². The van der Waals surface area contributed by atoms with Gasteiger partial charge in [0.05, 0.1) is 26.9 Å². The first-order valence-electron chi connectivity index (χ1n) is 4.48. The van der Waals surface area contributed by atoms with Gasteiger partial charge in [0.1, 0.15) is 5.75 Å². The van der Waals surface area contributed by atoms with E-state index in [0.717, 1.165) is 0 Å². The number of hydrogen-bond donors (Lipinski definition) is 0. The Kier molecular flexibility index (Phi) is 3.78. The van der Waals surface area contributed by atoms with E-state index in [4.69, 9.17) is 20.6 Å². The number of Topliss-reactive ketones (excluding diaryl/α,β-unsaturated/α-hetero) is 1. The van der Waals surface area contributed by atoms with E-state index in [1.54, 1.807) is 6.07 Å². The van der Waals surface area contributed by atoms with Crippen LogP contribution < -0.4 is 14.2 Å². The first-order valence-corrected chi connectivity index (χ1v) is 4.48. The van der Waals surface area contributed by atoms with Gasteiger partial charge in [-0.3, -0.25) is 4.79 Å². The number of carbonyl (C=O) groups excluding carboxylic acids is 1. The summed E-state index contributed by atoms with van der Waals surface area (Å²) in [4.78, 5) is 11.4. The Hall–Kier alpha value is -2.15. The summed E-state index contributed by atoms with van der Waals surface area (Å²) in [5, 5.41) is 0. The van der Waals surface area contributed by atoms with Crippen molar-refractivity contribution in [2.24, 2.45) is 0 Å². The summed E-state index contributed by atoms with van der Waals surface area (Å²) < 4.78 is 15.2. The maximum Gasteiger partial charge on any atom is 0.239 e. The second-order valence-electron chi connectivity index (χ2n) is 2.88. The van der Waals surface area contributed by atoms with Crippen LogP contribution in [0.2, 0.25) is 0 Å². The Morgan fingerprint density at radius 3 is 2.00 bits per heavy atom. The molecular formula is C12H12O4. The van der Waals surface area contributed by atoms with Gasteiger partial charge in [0, 0.05) is 6.07 Å². The quantitative estimate of drug-likeness (QED) is 0.438. The molecule has 0 fully saturated rings. The number of carbonyl (C=O) groups is 1. The number of ketones is 1. The van der Waals surface area contributed by atoms with E-state index in [1.807, 2.05) is 5.92 Å². The highest BCUT2D eigenvalue weighted by molar-refractivity contribution is 6.10. The summed E-state index contributed by atoms with van der Waals surface area (Å²) in [6.07, 6.45) is 5.06. The van der Waals surface area contributed by atoms with Gasteiger partial charge in [0.25, 0.3) is 0 Å². The molecule has 0 aliphatic carbocycles. The zero-order valence-corrected chi connectivity index (χ0v) is 9.37. The highest BCUT2D eigenvalue weighted by Gasteiger charge is 2.15. The minimum Gasteiger partial charge on any atom is -0.496 e. The second-order valence-corrected chi connectivity index (χ2v) is 2.88. The first kappa shape index (κ1) is 11.9. The molecule has 0 amide bonds. The zero-order chi connectivity index (χ0) is 12.1. The van der Waals surface area contributed by atoms with Crippen LogP contribution in [0.25, 0.3) is 0 Å². The fourth-order valence-corrected chi connectivity index (χ4v) is 1.28. The number of terminal acetylenes is 1. The van der Waals surface area contributed by atoms with E-state index < -0.39 is 5.78 Å². The van der Waals surface area contributed by atoms with Crippen LogP contribution >= 0.6 is 0 Å². The molecule has 0 saturated heterocycles. The van der Waals surface area contributed by atoms with Crippen LogP contribution in [0.15, 0.2) is 12.1 Å². The van der Waals surface area contributed by atoms with E-state index in [-0.39, 0.29) is 5.56 Å². The van der Waals surface area contributed by atoms with Crippen LogP contribution in [0.5, 0.6) is 17.2 Å². The molecule has 0 bridgehead atoms. The molecule has 0 unspecified atom stereocenters. The van der Waals surface area contributed by atoms with Gasteiger partial charge in [-0.1, -0.05) is 0 Å². The summed E-state index contributed by atoms with van der Waals surface area (Å²) in [7, 11) is 4.43. The van der Waals surface area contributed by atoms with Crippen molar-refractivity contribution in [1.82, 2.24) is 0 Å². The Morgan fingerprint density at radius 1 is 1.06 bits per heavy atom. The lowest BCUT2D eigenvalue weighted by atomic mass is 10.1. The van der Waals surface area contributed by atoms with Crippen molar-refractivity contribution < 1.29 is 19.0 Å². The number of methoxy groups -OCH3 is 3. The maximum atomic E-state index is 11.4. The van der Waals surface area contributed by atoms with Crippen molar-refractivity contribution in [3.63, 3.8) is 0 Å². The fraction of sp³-hybridized carbons (Fsp3) is 0.250. The molecule has 16 heavy (non-hydrogen) atoms. The Morgan fingerprint density at radius 2 is 1.56 bits per heavy atom. The molecule has 0 aliphatic rings. The second kappa shape index (κ2) is 5.08. The van der Waals surface area contributed by atoms with E-state index in [0.29, 0.717) is 17.2 Å². The van der Waals surface area contributed by atoms with Gasteiger partial charge in [0.2, 0.25) is 5.78 Å². The largest absolute Gasteiger partial charge is 0.496 e. The molecule has 0 heterocycles. The van der Waals surface area contributed by atoms with E-state index >= 15 is 0 Å². The van der Waals surface area contributed by atoms with Gasteiger partial charge in [0.15, 0.2) is 11.5 Å². The summed E-state index contributed by atoms with van der Waals surface area (Å²) in [6.45, 7) is 0. The van der Waals surface area contributed by atoms with Gasteiger partial charge in [-0.05, 0) is 12.0 Å². The molecule has 0 N–H and O–H groups in total. The molecule has 0 aromatic heterocycles. The molecule has 1 aromatic rings. The minimum absolute atomic E-state index is 0.280. The number of hydrogen-bond acceptors (Lipinski definition) is 4. The molecule has 0 saturated carbocycles. The topological polar surface area (TPSA) is 44.8 Å². The van der Waals surface area contributed by atoms with Crippen LogP contribution in [-0.4, -0.2) is 27.1 Å². The lowest BCUT2D eigenvalue weighted by Crippen LogP contribution is -2.01.